The van der Waals surface area contributed by atoms with Gasteiger partial charge in [-0.15, -0.1) is 0 Å². The van der Waals surface area contributed by atoms with Gasteiger partial charge in [0.2, 0.25) is 0 Å². The van der Waals surface area contributed by atoms with Crippen LogP contribution < -0.4 is 20.4 Å². The van der Waals surface area contributed by atoms with Crippen LogP contribution in [-0.4, -0.2) is 39.4 Å². The molecule has 0 aliphatic heterocycles. The predicted molar refractivity (Wildman–Crippen MR) is 103 cm³/mol. The Hall–Kier alpha value is -3.02. The third kappa shape index (κ3) is 5.53. The van der Waals surface area contributed by atoms with Gasteiger partial charge in [-0.1, -0.05) is 12.1 Å². The zero-order valence-electron chi connectivity index (χ0n) is 15.0. The maximum absolute atomic E-state index is 11.9. The number of ether oxygens (including phenoxy) is 1. The first-order valence-electron chi connectivity index (χ1n) is 7.98. The molecule has 25 heavy (non-hydrogen) atoms. The topological polar surface area (TPSA) is 66.0 Å². The van der Waals surface area contributed by atoms with Crippen molar-refractivity contribution in [3.63, 3.8) is 0 Å². The highest BCUT2D eigenvalue weighted by Gasteiger charge is 2.03. The fourth-order valence-electron chi connectivity index (χ4n) is 2.14. The van der Waals surface area contributed by atoms with Crippen LogP contribution in [0.3, 0.4) is 0 Å². The first-order chi connectivity index (χ1) is 12.0. The molecule has 0 aliphatic carbocycles. The predicted octanol–water partition coefficient (Wildman–Crippen LogP) is 2.71. The van der Waals surface area contributed by atoms with Gasteiger partial charge in [-0.05, 0) is 48.9 Å². The van der Waals surface area contributed by atoms with E-state index in [0.717, 1.165) is 28.4 Å². The Kier molecular flexibility index (Phi) is 6.39. The van der Waals surface area contributed by atoms with Crippen LogP contribution in [0, 0.1) is 0 Å². The monoisotopic (exact) mass is 340 g/mol. The molecule has 0 aliphatic rings. The van der Waals surface area contributed by atoms with Gasteiger partial charge in [-0.2, -0.15) is 5.10 Å². The van der Waals surface area contributed by atoms with Crippen LogP contribution >= 0.6 is 0 Å². The van der Waals surface area contributed by atoms with Crippen molar-refractivity contribution in [2.45, 2.75) is 6.92 Å². The number of anilines is 2. The van der Waals surface area contributed by atoms with E-state index in [4.69, 9.17) is 4.74 Å². The molecule has 6 heteroatoms. The van der Waals surface area contributed by atoms with E-state index in [1.54, 1.807) is 7.11 Å². The van der Waals surface area contributed by atoms with Crippen molar-refractivity contribution in [2.75, 3.05) is 38.0 Å². The second-order valence-corrected chi connectivity index (χ2v) is 5.76. The van der Waals surface area contributed by atoms with E-state index in [1.807, 2.05) is 74.4 Å². The highest BCUT2D eigenvalue weighted by atomic mass is 16.5. The minimum Gasteiger partial charge on any atom is -0.497 e. The number of benzene rings is 2. The number of hydrogen-bond donors (Lipinski definition) is 2. The van der Waals surface area contributed by atoms with Crippen molar-refractivity contribution in [3.8, 4) is 5.75 Å². The summed E-state index contributed by atoms with van der Waals surface area (Å²) < 4.78 is 5.09. The van der Waals surface area contributed by atoms with E-state index < -0.39 is 0 Å². The van der Waals surface area contributed by atoms with Gasteiger partial charge in [0.15, 0.2) is 0 Å². The second-order valence-electron chi connectivity index (χ2n) is 5.76. The van der Waals surface area contributed by atoms with Crippen molar-refractivity contribution in [1.29, 1.82) is 0 Å². The molecule has 0 heterocycles. The number of rotatable bonds is 7. The minimum atomic E-state index is -0.208. The summed E-state index contributed by atoms with van der Waals surface area (Å²) in [6.45, 7) is 2.00. The molecule has 0 spiro atoms. The van der Waals surface area contributed by atoms with Gasteiger partial charge in [0.05, 0.1) is 19.4 Å². The molecular weight excluding hydrogens is 316 g/mol. The lowest BCUT2D eigenvalue weighted by molar-refractivity contribution is -0.119. The Morgan fingerprint density at radius 2 is 1.72 bits per heavy atom. The highest BCUT2D eigenvalue weighted by Crippen LogP contribution is 2.14. The van der Waals surface area contributed by atoms with Gasteiger partial charge < -0.3 is 15.0 Å². The zero-order valence-corrected chi connectivity index (χ0v) is 15.0. The second kappa shape index (κ2) is 8.73. The summed E-state index contributed by atoms with van der Waals surface area (Å²) in [6, 6.07) is 15.4. The third-order valence-electron chi connectivity index (χ3n) is 3.69. The number of hydrogen-bond acceptors (Lipinski definition) is 5. The standard InChI is InChI=1S/C19H24N4O2/c1-14(15-5-9-17(10-6-15)23(2)3)21-22-19(24)13-20-16-7-11-18(25-4)12-8-16/h5-12,20H,13H2,1-4H3,(H,22,24)/b21-14-. The normalized spacial score (nSPS) is 11.0. The molecule has 0 unspecified atom stereocenters. The van der Waals surface area contributed by atoms with Gasteiger partial charge >= 0.3 is 0 Å². The Morgan fingerprint density at radius 3 is 2.28 bits per heavy atom. The molecule has 2 aromatic carbocycles. The summed E-state index contributed by atoms with van der Waals surface area (Å²) in [5.74, 6) is 0.565. The van der Waals surface area contributed by atoms with Gasteiger partial charge in [0.1, 0.15) is 5.75 Å². The number of methoxy groups -OCH3 is 1. The summed E-state index contributed by atoms with van der Waals surface area (Å²) in [5.41, 5.74) is 6.24. The third-order valence-corrected chi connectivity index (χ3v) is 3.69. The first kappa shape index (κ1) is 18.3. The van der Waals surface area contributed by atoms with Crippen LogP contribution in [0.5, 0.6) is 5.75 Å². The molecule has 0 fully saturated rings. The fourth-order valence-corrected chi connectivity index (χ4v) is 2.14. The van der Waals surface area contributed by atoms with Crippen molar-refractivity contribution in [3.05, 3.63) is 54.1 Å². The SMILES string of the molecule is COc1ccc(NCC(=O)N/N=C(/C)c2ccc(N(C)C)cc2)cc1. The Bertz CT molecular complexity index is 722. The van der Waals surface area contributed by atoms with E-state index >= 15 is 0 Å². The number of nitrogens with one attached hydrogen (secondary N) is 2. The van der Waals surface area contributed by atoms with Gasteiger partial charge in [0, 0.05) is 25.5 Å². The minimum absolute atomic E-state index is 0.142. The highest BCUT2D eigenvalue weighted by molar-refractivity contribution is 5.99. The molecule has 0 aromatic heterocycles. The quantitative estimate of drug-likeness (QED) is 0.601. The van der Waals surface area contributed by atoms with Crippen molar-refractivity contribution >= 4 is 23.0 Å². The molecule has 6 nitrogen and oxygen atoms in total. The van der Waals surface area contributed by atoms with Crippen molar-refractivity contribution < 1.29 is 9.53 Å². The van der Waals surface area contributed by atoms with Gasteiger partial charge in [0.25, 0.3) is 5.91 Å². The molecule has 1 amide bonds. The maximum Gasteiger partial charge on any atom is 0.259 e. The number of carbonyl (C=O) groups excluding carboxylic acids is 1. The van der Waals surface area contributed by atoms with Crippen LogP contribution in [-0.2, 0) is 4.79 Å². The van der Waals surface area contributed by atoms with Crippen LogP contribution in [0.4, 0.5) is 11.4 Å². The summed E-state index contributed by atoms with van der Waals surface area (Å²) >= 11 is 0. The number of carbonyl (C=O) groups is 1. The van der Waals surface area contributed by atoms with Gasteiger partial charge in [-0.3, -0.25) is 4.79 Å². The molecule has 0 bridgehead atoms. The summed E-state index contributed by atoms with van der Waals surface area (Å²) in [4.78, 5) is 13.9. The van der Waals surface area contributed by atoms with Gasteiger partial charge in [-0.25, -0.2) is 5.43 Å². The summed E-state index contributed by atoms with van der Waals surface area (Å²) in [5, 5.41) is 7.19. The maximum atomic E-state index is 11.9. The Balaban J connectivity index is 1.85. The fraction of sp³-hybridized carbons (Fsp3) is 0.263. The average Bonchev–Trinajstić information content (AvgIpc) is 2.64. The van der Waals surface area contributed by atoms with Crippen molar-refractivity contribution in [1.82, 2.24) is 5.43 Å². The van der Waals surface area contributed by atoms with Crippen molar-refractivity contribution in [2.24, 2.45) is 5.10 Å². The molecular formula is C19H24N4O2. The molecule has 0 saturated carbocycles. The number of amides is 1. The smallest absolute Gasteiger partial charge is 0.259 e. The van der Waals surface area contributed by atoms with E-state index in [9.17, 15) is 4.79 Å². The molecule has 0 radical (unpaired) electrons. The number of hydrazone groups is 1. The summed E-state index contributed by atoms with van der Waals surface area (Å²) in [6.07, 6.45) is 0. The molecule has 0 saturated heterocycles. The Morgan fingerprint density at radius 1 is 1.08 bits per heavy atom. The average molecular weight is 340 g/mol. The first-order valence-corrected chi connectivity index (χ1v) is 7.98. The lowest BCUT2D eigenvalue weighted by Gasteiger charge is -2.12. The van der Waals surface area contributed by atoms with Crippen LogP contribution in [0.25, 0.3) is 0 Å². The Labute approximate surface area is 148 Å². The molecule has 2 N–H and O–H groups in total. The van der Waals surface area contributed by atoms with E-state index in [0.29, 0.717) is 0 Å². The van der Waals surface area contributed by atoms with E-state index in [2.05, 4.69) is 15.8 Å². The number of nitrogens with zero attached hydrogens (tertiary/aromatic N) is 2. The summed E-state index contributed by atoms with van der Waals surface area (Å²) in [7, 11) is 5.60. The lowest BCUT2D eigenvalue weighted by Crippen LogP contribution is -2.26. The largest absolute Gasteiger partial charge is 0.497 e. The van der Waals surface area contributed by atoms with Crippen LogP contribution in [0.15, 0.2) is 53.6 Å². The molecule has 132 valence electrons. The molecule has 2 rings (SSSR count). The molecule has 0 atom stereocenters. The van der Waals surface area contributed by atoms with E-state index in [-0.39, 0.29) is 12.5 Å². The van der Waals surface area contributed by atoms with Crippen LogP contribution in [0.2, 0.25) is 0 Å². The van der Waals surface area contributed by atoms with E-state index in [1.165, 1.54) is 0 Å². The zero-order chi connectivity index (χ0) is 18.2. The molecule has 2 aromatic rings. The lowest BCUT2D eigenvalue weighted by atomic mass is 10.1. The van der Waals surface area contributed by atoms with Crippen LogP contribution in [0.1, 0.15) is 12.5 Å².